The molecule has 136 valence electrons. The number of fused-ring (bicyclic) bond motifs is 7. The second kappa shape index (κ2) is 6.44. The molecule has 2 aromatic rings. The zero-order valence-electron chi connectivity index (χ0n) is 15.2. The molecule has 0 N–H and O–H groups in total. The van der Waals surface area contributed by atoms with E-state index < -0.39 is 0 Å². The van der Waals surface area contributed by atoms with Crippen LogP contribution in [0.3, 0.4) is 0 Å². The Hall–Kier alpha value is -2.89. The van der Waals surface area contributed by atoms with Crippen LogP contribution in [0.4, 0.5) is 11.4 Å². The zero-order chi connectivity index (χ0) is 18.3. The molecule has 2 aliphatic rings. The lowest BCUT2D eigenvalue weighted by Crippen LogP contribution is -2.42. The van der Waals surface area contributed by atoms with Crippen molar-refractivity contribution in [1.82, 2.24) is 0 Å². The smallest absolute Gasteiger partial charge is 0.304 e. The van der Waals surface area contributed by atoms with Crippen LogP contribution in [0, 0.1) is 0 Å². The largest absolute Gasteiger partial charge is 0.497 e. The van der Waals surface area contributed by atoms with Crippen molar-refractivity contribution in [2.45, 2.75) is 26.2 Å². The topological polar surface area (TPSA) is 51.2 Å². The van der Waals surface area contributed by atoms with Crippen molar-refractivity contribution < 1.29 is 19.0 Å². The summed E-state index contributed by atoms with van der Waals surface area (Å²) >= 11 is 0. The third-order valence-corrected chi connectivity index (χ3v) is 4.95. The lowest BCUT2D eigenvalue weighted by molar-refractivity contribution is -0.145. The van der Waals surface area contributed by atoms with Gasteiger partial charge in [0.15, 0.2) is 6.23 Å². The second-order valence-electron chi connectivity index (χ2n) is 6.56. The molecule has 0 saturated carbocycles. The van der Waals surface area contributed by atoms with Crippen molar-refractivity contribution in [3.63, 3.8) is 0 Å². The molecule has 0 aliphatic carbocycles. The quantitative estimate of drug-likeness (QED) is 0.790. The molecule has 6 nitrogen and oxygen atoms in total. The molecule has 1 unspecified atom stereocenters. The molecule has 0 saturated heterocycles. The highest BCUT2D eigenvalue weighted by Crippen LogP contribution is 2.40. The fourth-order valence-electron chi connectivity index (χ4n) is 3.78. The Balaban J connectivity index is 1.84. The predicted molar refractivity (Wildman–Crippen MR) is 98.8 cm³/mol. The first-order valence-corrected chi connectivity index (χ1v) is 8.61. The SMILES string of the molecule is COc1ccc2c(c1)CN1c3ccc(OC)cc3CN2CC1OC(C)=O. The lowest BCUT2D eigenvalue weighted by atomic mass is 10.1. The molecule has 0 spiro atoms. The van der Waals surface area contributed by atoms with Crippen LogP contribution in [0.2, 0.25) is 0 Å². The number of esters is 1. The minimum absolute atomic E-state index is 0.277. The average Bonchev–Trinajstić information content (AvgIpc) is 2.86. The van der Waals surface area contributed by atoms with Crippen molar-refractivity contribution in [1.29, 1.82) is 0 Å². The summed E-state index contributed by atoms with van der Waals surface area (Å²) in [5.74, 6) is 1.37. The molecule has 4 rings (SSSR count). The molecule has 2 bridgehead atoms. The van der Waals surface area contributed by atoms with Crippen molar-refractivity contribution in [3.8, 4) is 11.5 Å². The standard InChI is InChI=1S/C20H22N2O4/c1-13(23)26-20-12-21-10-14-8-17(25-3)5-7-19(14)22(20)11-15-9-16(24-2)4-6-18(15)21/h4-9,20H,10-12H2,1-3H3. The number of ether oxygens (including phenoxy) is 3. The Morgan fingerprint density at radius 2 is 1.58 bits per heavy atom. The van der Waals surface area contributed by atoms with Gasteiger partial charge in [0.25, 0.3) is 0 Å². The van der Waals surface area contributed by atoms with Gasteiger partial charge in [0, 0.05) is 31.4 Å². The fraction of sp³-hybridized carbons (Fsp3) is 0.350. The normalized spacial score (nSPS) is 17.7. The van der Waals surface area contributed by atoms with Crippen molar-refractivity contribution in [2.75, 3.05) is 30.6 Å². The molecule has 2 aliphatic heterocycles. The number of carbonyl (C=O) groups excluding carboxylic acids is 1. The van der Waals surface area contributed by atoms with Gasteiger partial charge in [0.1, 0.15) is 11.5 Å². The van der Waals surface area contributed by atoms with Crippen LogP contribution in [-0.2, 0) is 22.6 Å². The zero-order valence-corrected chi connectivity index (χ0v) is 15.2. The average molecular weight is 354 g/mol. The van der Waals surface area contributed by atoms with Gasteiger partial charge in [0.2, 0.25) is 0 Å². The Morgan fingerprint density at radius 3 is 2.19 bits per heavy atom. The number of carbonyl (C=O) groups is 1. The van der Waals surface area contributed by atoms with Crippen molar-refractivity contribution >= 4 is 17.3 Å². The Morgan fingerprint density at radius 1 is 0.962 bits per heavy atom. The van der Waals surface area contributed by atoms with E-state index in [1.54, 1.807) is 14.2 Å². The third kappa shape index (κ3) is 2.81. The first-order chi connectivity index (χ1) is 12.6. The van der Waals surface area contributed by atoms with Crippen molar-refractivity contribution in [3.05, 3.63) is 47.5 Å². The van der Waals surface area contributed by atoms with Crippen LogP contribution in [0.1, 0.15) is 18.1 Å². The Labute approximate surface area is 152 Å². The van der Waals surface area contributed by atoms with E-state index in [-0.39, 0.29) is 12.2 Å². The van der Waals surface area contributed by atoms with Gasteiger partial charge in [-0.15, -0.1) is 0 Å². The van der Waals surface area contributed by atoms with E-state index in [1.807, 2.05) is 18.2 Å². The van der Waals surface area contributed by atoms with E-state index in [0.717, 1.165) is 40.5 Å². The minimum Gasteiger partial charge on any atom is -0.497 e. The van der Waals surface area contributed by atoms with Gasteiger partial charge in [-0.3, -0.25) is 4.79 Å². The molecular formula is C20H22N2O4. The Bertz CT molecular complexity index is 852. The molecule has 2 aromatic carbocycles. The van der Waals surface area contributed by atoms with E-state index in [2.05, 4.69) is 28.0 Å². The summed E-state index contributed by atoms with van der Waals surface area (Å²) in [5, 5.41) is 0. The maximum atomic E-state index is 11.7. The number of nitrogens with zero attached hydrogens (tertiary/aromatic N) is 2. The molecular weight excluding hydrogens is 332 g/mol. The first kappa shape index (κ1) is 16.6. The summed E-state index contributed by atoms with van der Waals surface area (Å²) in [6.07, 6.45) is -0.347. The monoisotopic (exact) mass is 354 g/mol. The molecule has 0 amide bonds. The van der Waals surface area contributed by atoms with Gasteiger partial charge in [0.05, 0.1) is 20.8 Å². The summed E-state index contributed by atoms with van der Waals surface area (Å²) in [6, 6.07) is 12.1. The second-order valence-corrected chi connectivity index (χ2v) is 6.56. The van der Waals surface area contributed by atoms with E-state index in [4.69, 9.17) is 14.2 Å². The number of hydrogen-bond donors (Lipinski definition) is 0. The number of hydrogen-bond acceptors (Lipinski definition) is 6. The molecule has 0 fully saturated rings. The lowest BCUT2D eigenvalue weighted by Gasteiger charge is -2.31. The molecule has 2 heterocycles. The molecule has 26 heavy (non-hydrogen) atoms. The highest BCUT2D eigenvalue weighted by Gasteiger charge is 2.35. The third-order valence-electron chi connectivity index (χ3n) is 4.95. The first-order valence-electron chi connectivity index (χ1n) is 8.61. The van der Waals surface area contributed by atoms with E-state index in [1.165, 1.54) is 6.92 Å². The van der Waals surface area contributed by atoms with Gasteiger partial charge in [-0.2, -0.15) is 0 Å². The van der Waals surface area contributed by atoms with E-state index in [0.29, 0.717) is 13.1 Å². The van der Waals surface area contributed by atoms with Gasteiger partial charge in [-0.1, -0.05) is 0 Å². The van der Waals surface area contributed by atoms with Gasteiger partial charge >= 0.3 is 5.97 Å². The maximum Gasteiger partial charge on any atom is 0.304 e. The minimum atomic E-state index is -0.347. The summed E-state index contributed by atoms with van der Waals surface area (Å²) in [6.45, 7) is 3.42. The number of methoxy groups -OCH3 is 2. The molecule has 0 radical (unpaired) electrons. The van der Waals surface area contributed by atoms with Crippen molar-refractivity contribution in [2.24, 2.45) is 0 Å². The summed E-state index contributed by atoms with van der Waals surface area (Å²) in [4.78, 5) is 16.1. The number of rotatable bonds is 3. The molecule has 1 atom stereocenters. The highest BCUT2D eigenvalue weighted by atomic mass is 16.6. The number of anilines is 2. The maximum absolute atomic E-state index is 11.7. The van der Waals surface area contributed by atoms with Gasteiger partial charge < -0.3 is 24.0 Å². The molecule has 0 aromatic heterocycles. The van der Waals surface area contributed by atoms with Crippen LogP contribution in [-0.4, -0.2) is 33.0 Å². The fourth-order valence-corrected chi connectivity index (χ4v) is 3.78. The van der Waals surface area contributed by atoms with E-state index in [9.17, 15) is 4.79 Å². The van der Waals surface area contributed by atoms with Crippen LogP contribution in [0.25, 0.3) is 0 Å². The van der Waals surface area contributed by atoms with Gasteiger partial charge in [-0.25, -0.2) is 0 Å². The number of benzene rings is 2. The van der Waals surface area contributed by atoms with Gasteiger partial charge in [-0.05, 0) is 47.5 Å². The van der Waals surface area contributed by atoms with Crippen LogP contribution >= 0.6 is 0 Å². The Kier molecular flexibility index (Phi) is 4.11. The summed E-state index contributed by atoms with van der Waals surface area (Å²) in [5.41, 5.74) is 4.51. The highest BCUT2D eigenvalue weighted by molar-refractivity contribution is 5.70. The predicted octanol–water partition coefficient (Wildman–Crippen LogP) is 2.93. The van der Waals surface area contributed by atoms with E-state index >= 15 is 0 Å². The van der Waals surface area contributed by atoms with Crippen LogP contribution in [0.15, 0.2) is 36.4 Å². The van der Waals surface area contributed by atoms with Crippen LogP contribution in [0.5, 0.6) is 11.5 Å². The van der Waals surface area contributed by atoms with Crippen LogP contribution < -0.4 is 19.3 Å². The summed E-state index contributed by atoms with van der Waals surface area (Å²) < 4.78 is 16.5. The summed E-state index contributed by atoms with van der Waals surface area (Å²) in [7, 11) is 3.34. The molecule has 6 heteroatoms.